The number of amides is 2. The van der Waals surface area contributed by atoms with Crippen molar-refractivity contribution in [2.24, 2.45) is 5.92 Å². The molecular formula is C23H26ClN3O3. The van der Waals surface area contributed by atoms with Gasteiger partial charge in [0.25, 0.3) is 0 Å². The molecule has 0 bridgehead atoms. The van der Waals surface area contributed by atoms with E-state index >= 15 is 0 Å². The maximum absolute atomic E-state index is 12.9. The molecule has 6 nitrogen and oxygen atoms in total. The molecule has 0 saturated carbocycles. The van der Waals surface area contributed by atoms with E-state index in [0.717, 1.165) is 24.3 Å². The first-order chi connectivity index (χ1) is 14.6. The number of piperidine rings is 1. The number of likely N-dealkylation sites (tertiary alicyclic amines) is 1. The van der Waals surface area contributed by atoms with Crippen molar-refractivity contribution >= 4 is 34.8 Å². The highest BCUT2D eigenvalue weighted by Crippen LogP contribution is 2.31. The third-order valence-corrected chi connectivity index (χ3v) is 6.00. The van der Waals surface area contributed by atoms with Crippen LogP contribution in [-0.2, 0) is 4.74 Å². The van der Waals surface area contributed by atoms with E-state index < -0.39 is 0 Å². The first-order valence-electron chi connectivity index (χ1n) is 10.4. The number of Topliss-reactive ketones (excluding diaryl/α,β-unsaturated/α-hetero) is 1. The summed E-state index contributed by atoms with van der Waals surface area (Å²) >= 11 is 6.19. The van der Waals surface area contributed by atoms with Gasteiger partial charge < -0.3 is 19.9 Å². The van der Waals surface area contributed by atoms with Crippen molar-refractivity contribution in [3.05, 3.63) is 59.1 Å². The molecule has 30 heavy (non-hydrogen) atoms. The van der Waals surface area contributed by atoms with Gasteiger partial charge in [0.2, 0.25) is 0 Å². The summed E-state index contributed by atoms with van der Waals surface area (Å²) in [5.74, 6) is 0.131. The number of benzene rings is 2. The molecule has 0 radical (unpaired) electrons. The molecule has 2 aliphatic heterocycles. The van der Waals surface area contributed by atoms with Crippen LogP contribution >= 0.6 is 11.6 Å². The number of morpholine rings is 1. The van der Waals surface area contributed by atoms with E-state index in [1.54, 1.807) is 11.0 Å². The summed E-state index contributed by atoms with van der Waals surface area (Å²) < 4.78 is 5.43. The van der Waals surface area contributed by atoms with Crippen molar-refractivity contribution in [3.63, 3.8) is 0 Å². The zero-order chi connectivity index (χ0) is 20.9. The summed E-state index contributed by atoms with van der Waals surface area (Å²) in [4.78, 5) is 29.6. The number of ether oxygens (including phenoxy) is 1. The predicted octanol–water partition coefficient (Wildman–Crippen LogP) is 4.30. The molecule has 0 atom stereocenters. The summed E-state index contributed by atoms with van der Waals surface area (Å²) in [5.41, 5.74) is 2.40. The maximum Gasteiger partial charge on any atom is 0.321 e. The Morgan fingerprint density at radius 2 is 1.67 bits per heavy atom. The first-order valence-corrected chi connectivity index (χ1v) is 10.8. The summed E-state index contributed by atoms with van der Waals surface area (Å²) in [7, 11) is 0. The molecule has 0 aromatic heterocycles. The fourth-order valence-corrected chi connectivity index (χ4v) is 4.24. The number of anilines is 2. The van der Waals surface area contributed by atoms with Crippen molar-refractivity contribution in [1.82, 2.24) is 4.90 Å². The number of carbonyl (C=O) groups excluding carboxylic acids is 2. The van der Waals surface area contributed by atoms with Crippen LogP contribution < -0.4 is 10.2 Å². The molecule has 0 spiro atoms. The number of hydrogen-bond donors (Lipinski definition) is 1. The van der Waals surface area contributed by atoms with Gasteiger partial charge in [-0.1, -0.05) is 41.9 Å². The second-order valence-electron chi connectivity index (χ2n) is 7.68. The average Bonchev–Trinajstić information content (AvgIpc) is 2.80. The van der Waals surface area contributed by atoms with Gasteiger partial charge in [0, 0.05) is 42.7 Å². The topological polar surface area (TPSA) is 61.9 Å². The van der Waals surface area contributed by atoms with Gasteiger partial charge in [-0.05, 0) is 31.0 Å². The van der Waals surface area contributed by atoms with E-state index in [1.807, 2.05) is 42.5 Å². The number of urea groups is 1. The quantitative estimate of drug-likeness (QED) is 0.739. The Hall–Kier alpha value is -2.57. The van der Waals surface area contributed by atoms with Crippen molar-refractivity contribution < 1.29 is 14.3 Å². The van der Waals surface area contributed by atoms with Crippen molar-refractivity contribution in [1.29, 1.82) is 0 Å². The fourth-order valence-electron chi connectivity index (χ4n) is 4.07. The van der Waals surface area contributed by atoms with Crippen LogP contribution in [0.25, 0.3) is 0 Å². The lowest BCUT2D eigenvalue weighted by atomic mass is 9.89. The number of carbonyl (C=O) groups is 2. The molecule has 2 fully saturated rings. The van der Waals surface area contributed by atoms with Crippen LogP contribution in [0.4, 0.5) is 16.2 Å². The van der Waals surface area contributed by atoms with Crippen molar-refractivity contribution in [2.75, 3.05) is 49.6 Å². The summed E-state index contributed by atoms with van der Waals surface area (Å²) in [6.07, 6.45) is 1.35. The van der Waals surface area contributed by atoms with Crippen LogP contribution in [0.2, 0.25) is 5.02 Å². The number of halogens is 1. The van der Waals surface area contributed by atoms with Gasteiger partial charge in [0.1, 0.15) is 0 Å². The SMILES string of the molecule is O=C(c1ccccc1)C1CCN(C(=O)Nc2cc(Cl)ccc2N2CCOCC2)CC1. The van der Waals surface area contributed by atoms with Gasteiger partial charge in [-0.25, -0.2) is 4.79 Å². The molecule has 2 amide bonds. The lowest BCUT2D eigenvalue weighted by molar-refractivity contribution is 0.0859. The minimum Gasteiger partial charge on any atom is -0.378 e. The lowest BCUT2D eigenvalue weighted by Gasteiger charge is -2.33. The number of rotatable bonds is 4. The monoisotopic (exact) mass is 427 g/mol. The minimum atomic E-state index is -0.155. The Labute approximate surface area is 181 Å². The van der Waals surface area contributed by atoms with Crippen LogP contribution in [0.15, 0.2) is 48.5 Å². The lowest BCUT2D eigenvalue weighted by Crippen LogP contribution is -2.43. The molecule has 2 aromatic carbocycles. The highest BCUT2D eigenvalue weighted by atomic mass is 35.5. The minimum absolute atomic E-state index is 0.0356. The van der Waals surface area contributed by atoms with Crippen LogP contribution in [0, 0.1) is 5.92 Å². The fraction of sp³-hybridized carbons (Fsp3) is 0.391. The summed E-state index contributed by atoms with van der Waals surface area (Å²) in [6.45, 7) is 4.00. The Balaban J connectivity index is 1.38. The van der Waals surface area contributed by atoms with Crippen molar-refractivity contribution in [3.8, 4) is 0 Å². The van der Waals surface area contributed by atoms with Gasteiger partial charge in [-0.2, -0.15) is 0 Å². The number of ketones is 1. The first kappa shape index (κ1) is 20.7. The van der Waals surface area contributed by atoms with Gasteiger partial charge in [0.15, 0.2) is 5.78 Å². The number of nitrogens with one attached hydrogen (secondary N) is 1. The van der Waals surface area contributed by atoms with Crippen LogP contribution in [0.1, 0.15) is 23.2 Å². The van der Waals surface area contributed by atoms with Gasteiger partial charge >= 0.3 is 6.03 Å². The van der Waals surface area contributed by atoms with E-state index in [0.29, 0.717) is 49.9 Å². The number of hydrogen-bond acceptors (Lipinski definition) is 4. The summed E-state index contributed by atoms with van der Waals surface area (Å²) in [5, 5.41) is 3.61. The molecule has 2 aromatic rings. The standard InChI is InChI=1S/C23H26ClN3O3/c24-19-6-7-21(26-12-14-30-15-13-26)20(16-19)25-23(29)27-10-8-18(9-11-27)22(28)17-4-2-1-3-5-17/h1-7,16,18H,8-15H2,(H,25,29). The molecule has 0 unspecified atom stereocenters. The molecule has 2 heterocycles. The second-order valence-corrected chi connectivity index (χ2v) is 8.12. The predicted molar refractivity (Wildman–Crippen MR) is 119 cm³/mol. The Kier molecular flexibility index (Phi) is 6.55. The Bertz CT molecular complexity index is 892. The Morgan fingerprint density at radius 1 is 0.967 bits per heavy atom. The molecule has 158 valence electrons. The molecule has 2 saturated heterocycles. The Morgan fingerprint density at radius 3 is 2.37 bits per heavy atom. The second kappa shape index (κ2) is 9.49. The molecule has 1 N–H and O–H groups in total. The van der Waals surface area contributed by atoms with Gasteiger partial charge in [-0.15, -0.1) is 0 Å². The van der Waals surface area contributed by atoms with E-state index in [1.165, 1.54) is 0 Å². The van der Waals surface area contributed by atoms with Crippen LogP contribution in [0.3, 0.4) is 0 Å². The van der Waals surface area contributed by atoms with E-state index in [9.17, 15) is 9.59 Å². The number of nitrogens with zero attached hydrogens (tertiary/aromatic N) is 2. The molecule has 0 aliphatic carbocycles. The molecule has 2 aliphatic rings. The van der Waals surface area contributed by atoms with E-state index in [2.05, 4.69) is 10.2 Å². The van der Waals surface area contributed by atoms with E-state index in [4.69, 9.17) is 16.3 Å². The normalized spacial score (nSPS) is 17.6. The average molecular weight is 428 g/mol. The smallest absolute Gasteiger partial charge is 0.321 e. The molecular weight excluding hydrogens is 402 g/mol. The molecule has 7 heteroatoms. The van der Waals surface area contributed by atoms with Crippen molar-refractivity contribution in [2.45, 2.75) is 12.8 Å². The van der Waals surface area contributed by atoms with Crippen LogP contribution in [0.5, 0.6) is 0 Å². The third kappa shape index (κ3) is 4.77. The zero-order valence-corrected chi connectivity index (χ0v) is 17.6. The zero-order valence-electron chi connectivity index (χ0n) is 16.9. The highest BCUT2D eigenvalue weighted by Gasteiger charge is 2.28. The third-order valence-electron chi connectivity index (χ3n) is 5.76. The maximum atomic E-state index is 12.9. The van der Waals surface area contributed by atoms with Gasteiger partial charge in [0.05, 0.1) is 24.6 Å². The largest absolute Gasteiger partial charge is 0.378 e. The van der Waals surface area contributed by atoms with E-state index in [-0.39, 0.29) is 17.7 Å². The van der Waals surface area contributed by atoms with Gasteiger partial charge in [-0.3, -0.25) is 4.79 Å². The summed E-state index contributed by atoms with van der Waals surface area (Å²) in [6, 6.07) is 14.8. The highest BCUT2D eigenvalue weighted by molar-refractivity contribution is 6.31. The molecule has 4 rings (SSSR count). The van der Waals surface area contributed by atoms with Crippen LogP contribution in [-0.4, -0.2) is 56.1 Å².